The van der Waals surface area contributed by atoms with Crippen molar-refractivity contribution in [2.75, 3.05) is 26.4 Å². The molecule has 10 heteroatoms. The van der Waals surface area contributed by atoms with Crippen molar-refractivity contribution in [1.82, 2.24) is 0 Å². The van der Waals surface area contributed by atoms with Gasteiger partial charge in [-0.1, -0.05) is 242 Å². The molecule has 0 aliphatic carbocycles. The van der Waals surface area contributed by atoms with Crippen molar-refractivity contribution >= 4 is 19.8 Å². The number of phosphoric acid groups is 1. The predicted octanol–water partition coefficient (Wildman–Crippen LogP) is 18.2. The van der Waals surface area contributed by atoms with E-state index < -0.39 is 26.5 Å². The van der Waals surface area contributed by atoms with Crippen LogP contribution in [0.3, 0.4) is 0 Å². The lowest BCUT2D eigenvalue weighted by atomic mass is 10.0. The second-order valence-corrected chi connectivity index (χ2v) is 21.0. The number of allylic oxidation sites excluding steroid dienone is 8. The summed E-state index contributed by atoms with van der Waals surface area (Å²) >= 11 is 0. The molecule has 9 nitrogen and oxygen atoms in total. The van der Waals surface area contributed by atoms with Crippen LogP contribution in [0.15, 0.2) is 48.6 Å². The molecule has 0 spiro atoms. The molecule has 0 aliphatic rings. The zero-order valence-electron chi connectivity index (χ0n) is 45.1. The predicted molar refractivity (Wildman–Crippen MR) is 293 cm³/mol. The minimum absolute atomic E-state index is 0.0516. The first-order valence-corrected chi connectivity index (χ1v) is 30.6. The smallest absolute Gasteiger partial charge is 0.462 e. The molecule has 0 fully saturated rings. The Labute approximate surface area is 426 Å². The molecule has 69 heavy (non-hydrogen) atoms. The SMILES string of the molecule is CCCCCCC/C=C\C/C=C\C/C=C\CCCCCCCCCCC(=O)OC(COC(=O)CCCCCCCCCCCCCCC/C=C\CCCCCCCCCC)COP(=O)(O)OCCN. The quantitative estimate of drug-likeness (QED) is 0.0264. The van der Waals surface area contributed by atoms with Crippen LogP contribution in [-0.2, 0) is 32.7 Å². The lowest BCUT2D eigenvalue weighted by Gasteiger charge is -2.19. The highest BCUT2D eigenvalue weighted by molar-refractivity contribution is 7.47. The lowest BCUT2D eigenvalue weighted by Crippen LogP contribution is -2.29. The van der Waals surface area contributed by atoms with Crippen LogP contribution in [0.1, 0.15) is 284 Å². The Morgan fingerprint density at radius 1 is 0.435 bits per heavy atom. The van der Waals surface area contributed by atoms with Gasteiger partial charge in [-0.2, -0.15) is 0 Å². The molecule has 3 N–H and O–H groups in total. The molecule has 0 saturated carbocycles. The third-order valence-electron chi connectivity index (χ3n) is 12.7. The molecule has 0 rings (SSSR count). The van der Waals surface area contributed by atoms with Crippen LogP contribution in [0.2, 0.25) is 0 Å². The molecule has 0 amide bonds. The van der Waals surface area contributed by atoms with E-state index in [1.165, 1.54) is 193 Å². The minimum atomic E-state index is -4.39. The van der Waals surface area contributed by atoms with E-state index in [2.05, 4.69) is 62.5 Å². The molecule has 0 aromatic heterocycles. The van der Waals surface area contributed by atoms with Crippen LogP contribution in [0.4, 0.5) is 0 Å². The van der Waals surface area contributed by atoms with Crippen molar-refractivity contribution in [1.29, 1.82) is 0 Å². The molecule has 0 saturated heterocycles. The van der Waals surface area contributed by atoms with Gasteiger partial charge in [0.15, 0.2) is 6.10 Å². The van der Waals surface area contributed by atoms with Crippen molar-refractivity contribution < 1.29 is 37.6 Å². The number of ether oxygens (including phenoxy) is 2. The van der Waals surface area contributed by atoms with Crippen LogP contribution < -0.4 is 5.73 Å². The monoisotopic (exact) mass is 992 g/mol. The first-order valence-electron chi connectivity index (χ1n) is 29.1. The van der Waals surface area contributed by atoms with E-state index in [0.29, 0.717) is 6.42 Å². The van der Waals surface area contributed by atoms with E-state index >= 15 is 0 Å². The van der Waals surface area contributed by atoms with Gasteiger partial charge >= 0.3 is 19.8 Å². The fraction of sp³-hybridized carbons (Fsp3) is 0.831. The zero-order chi connectivity index (χ0) is 50.2. The Morgan fingerprint density at radius 2 is 0.754 bits per heavy atom. The third kappa shape index (κ3) is 55.1. The molecule has 0 bridgehead atoms. The van der Waals surface area contributed by atoms with Gasteiger partial charge in [-0.05, 0) is 77.0 Å². The Morgan fingerprint density at radius 3 is 1.13 bits per heavy atom. The van der Waals surface area contributed by atoms with E-state index in [-0.39, 0.29) is 38.6 Å². The maximum Gasteiger partial charge on any atom is 0.472 e. The summed E-state index contributed by atoms with van der Waals surface area (Å²) in [7, 11) is -4.39. The number of carbonyl (C=O) groups is 2. The largest absolute Gasteiger partial charge is 0.472 e. The molecular weight excluding hydrogens is 882 g/mol. The Bertz CT molecular complexity index is 1270. The van der Waals surface area contributed by atoms with Crippen molar-refractivity contribution in [2.24, 2.45) is 5.73 Å². The Kier molecular flexibility index (Phi) is 53.7. The summed E-state index contributed by atoms with van der Waals surface area (Å²) in [4.78, 5) is 35.2. The molecule has 0 aromatic carbocycles. The highest BCUT2D eigenvalue weighted by atomic mass is 31.2. The highest BCUT2D eigenvalue weighted by Crippen LogP contribution is 2.43. The van der Waals surface area contributed by atoms with Crippen LogP contribution in [-0.4, -0.2) is 49.3 Å². The van der Waals surface area contributed by atoms with Crippen molar-refractivity contribution in [2.45, 2.75) is 290 Å². The summed E-state index contributed by atoms with van der Waals surface area (Å²) in [6.07, 6.45) is 67.3. The highest BCUT2D eigenvalue weighted by Gasteiger charge is 2.26. The number of rotatable bonds is 55. The summed E-state index contributed by atoms with van der Waals surface area (Å²) < 4.78 is 33.0. The van der Waals surface area contributed by atoms with Gasteiger partial charge in [0, 0.05) is 19.4 Å². The average Bonchev–Trinajstić information content (AvgIpc) is 3.34. The summed E-state index contributed by atoms with van der Waals surface area (Å²) in [5, 5.41) is 0. The number of unbranched alkanes of at least 4 members (excludes halogenated alkanes) is 34. The van der Waals surface area contributed by atoms with Crippen molar-refractivity contribution in [3.8, 4) is 0 Å². The number of phosphoric ester groups is 1. The summed E-state index contributed by atoms with van der Waals surface area (Å²) in [6.45, 7) is 3.76. The van der Waals surface area contributed by atoms with Crippen LogP contribution in [0, 0.1) is 0 Å². The van der Waals surface area contributed by atoms with Crippen LogP contribution >= 0.6 is 7.82 Å². The van der Waals surface area contributed by atoms with E-state index in [1.807, 2.05) is 0 Å². The number of hydrogen-bond donors (Lipinski definition) is 2. The van der Waals surface area contributed by atoms with E-state index in [4.69, 9.17) is 24.3 Å². The van der Waals surface area contributed by atoms with Gasteiger partial charge in [-0.3, -0.25) is 18.6 Å². The first-order chi connectivity index (χ1) is 33.8. The van der Waals surface area contributed by atoms with Gasteiger partial charge in [0.05, 0.1) is 13.2 Å². The van der Waals surface area contributed by atoms with Crippen molar-refractivity contribution in [3.63, 3.8) is 0 Å². The maximum absolute atomic E-state index is 12.7. The maximum atomic E-state index is 12.7. The Hall–Kier alpha value is -2.03. The fourth-order valence-electron chi connectivity index (χ4n) is 8.35. The van der Waals surface area contributed by atoms with Gasteiger partial charge in [-0.15, -0.1) is 0 Å². The van der Waals surface area contributed by atoms with E-state index in [1.54, 1.807) is 0 Å². The minimum Gasteiger partial charge on any atom is -0.462 e. The molecule has 0 aromatic rings. The lowest BCUT2D eigenvalue weighted by molar-refractivity contribution is -0.161. The molecular formula is C59H110NO8P. The first kappa shape index (κ1) is 67.0. The summed E-state index contributed by atoms with van der Waals surface area (Å²) in [6, 6.07) is 0. The van der Waals surface area contributed by atoms with E-state index in [0.717, 1.165) is 57.8 Å². The summed E-state index contributed by atoms with van der Waals surface area (Å²) in [5.41, 5.74) is 5.38. The molecule has 404 valence electrons. The van der Waals surface area contributed by atoms with Gasteiger partial charge in [0.1, 0.15) is 6.61 Å². The normalized spacial score (nSPS) is 13.4. The molecule has 0 radical (unpaired) electrons. The number of hydrogen-bond acceptors (Lipinski definition) is 8. The number of esters is 2. The average molecular weight is 993 g/mol. The third-order valence-corrected chi connectivity index (χ3v) is 13.7. The zero-order valence-corrected chi connectivity index (χ0v) is 45.9. The number of carbonyl (C=O) groups excluding carboxylic acids is 2. The topological polar surface area (TPSA) is 134 Å². The standard InChI is InChI=1S/C59H110NO8P/c1-3-5-7-9-11-13-15-17-19-21-23-25-27-28-30-31-33-35-37-39-41-43-45-47-49-51-58(61)65-55-57(56-67-69(63,64)66-54-53-60)68-59(62)52-50-48-46-44-42-40-38-36-34-32-29-26-24-22-20-18-16-14-12-10-8-6-4-2/h16,18,21-24,29,32,57H,3-15,17,19-20,25-28,30-31,33-56,60H2,1-2H3,(H,63,64)/b18-16-,23-21-,24-22-,32-29-. The van der Waals surface area contributed by atoms with Gasteiger partial charge in [-0.25, -0.2) is 4.57 Å². The van der Waals surface area contributed by atoms with Crippen LogP contribution in [0.5, 0.6) is 0 Å². The van der Waals surface area contributed by atoms with Gasteiger partial charge in [0.2, 0.25) is 0 Å². The van der Waals surface area contributed by atoms with Crippen molar-refractivity contribution in [3.05, 3.63) is 48.6 Å². The molecule has 2 unspecified atom stereocenters. The second kappa shape index (κ2) is 55.3. The number of nitrogens with two attached hydrogens (primary N) is 1. The fourth-order valence-corrected chi connectivity index (χ4v) is 9.11. The molecule has 0 aliphatic heterocycles. The molecule has 2 atom stereocenters. The van der Waals surface area contributed by atoms with Crippen LogP contribution in [0.25, 0.3) is 0 Å². The van der Waals surface area contributed by atoms with E-state index in [9.17, 15) is 19.0 Å². The summed E-state index contributed by atoms with van der Waals surface area (Å²) in [5.74, 6) is -0.827. The second-order valence-electron chi connectivity index (χ2n) is 19.5. The molecule has 0 heterocycles. The van der Waals surface area contributed by atoms with Gasteiger partial charge < -0.3 is 20.1 Å². The Balaban J connectivity index is 3.98. The van der Waals surface area contributed by atoms with Gasteiger partial charge in [0.25, 0.3) is 0 Å².